The molecule has 1 rings (SSSR count). The minimum atomic E-state index is -0.398. The Balaban J connectivity index is 2.14. The summed E-state index contributed by atoms with van der Waals surface area (Å²) in [6, 6.07) is 6.91. The van der Waals surface area contributed by atoms with Crippen molar-refractivity contribution in [3.8, 4) is 0 Å². The number of nitrogens with one attached hydrogen (secondary N) is 2. The van der Waals surface area contributed by atoms with E-state index in [1.165, 1.54) is 0 Å². The summed E-state index contributed by atoms with van der Waals surface area (Å²) in [5, 5.41) is 11.7. The molecule has 0 saturated heterocycles. The normalized spacial score (nSPS) is 10.0. The quantitative estimate of drug-likeness (QED) is 0.409. The van der Waals surface area contributed by atoms with Gasteiger partial charge in [-0.3, -0.25) is 14.8 Å². The first kappa shape index (κ1) is 15.5. The monoisotopic (exact) mass is 284 g/mol. The number of rotatable bonds is 7. The van der Waals surface area contributed by atoms with Gasteiger partial charge in [-0.2, -0.15) is 0 Å². The molecule has 5 nitrogen and oxygen atoms in total. The number of hydrogen-bond acceptors (Lipinski definition) is 3. The van der Waals surface area contributed by atoms with Crippen molar-refractivity contribution in [1.29, 1.82) is 0 Å². The first-order chi connectivity index (χ1) is 9.11. The summed E-state index contributed by atoms with van der Waals surface area (Å²) in [5.74, 6) is -0.459. The van der Waals surface area contributed by atoms with E-state index < -0.39 is 5.91 Å². The third-order valence-electron chi connectivity index (χ3n) is 2.56. The highest BCUT2D eigenvalue weighted by atomic mass is 35.5. The number of halogens is 1. The summed E-state index contributed by atoms with van der Waals surface area (Å²) in [4.78, 5) is 22.3. The molecule has 19 heavy (non-hydrogen) atoms. The summed E-state index contributed by atoms with van der Waals surface area (Å²) in [6.07, 6.45) is 2.80. The lowest BCUT2D eigenvalue weighted by Gasteiger charge is -2.05. The Labute approximate surface area is 116 Å². The lowest BCUT2D eigenvalue weighted by Crippen LogP contribution is -2.17. The van der Waals surface area contributed by atoms with Crippen LogP contribution < -0.4 is 10.8 Å². The Bertz CT molecular complexity index is 420. The Morgan fingerprint density at radius 3 is 2.16 bits per heavy atom. The Kier molecular flexibility index (Phi) is 6.92. The first-order valence-corrected chi connectivity index (χ1v) is 6.48. The number of benzene rings is 1. The highest BCUT2D eigenvalue weighted by molar-refractivity contribution is 6.30. The molecule has 6 heteroatoms. The molecule has 0 saturated carbocycles. The predicted molar refractivity (Wildman–Crippen MR) is 73.1 cm³/mol. The van der Waals surface area contributed by atoms with Crippen LogP contribution in [0.5, 0.6) is 0 Å². The van der Waals surface area contributed by atoms with Gasteiger partial charge in [-0.15, -0.1) is 0 Å². The van der Waals surface area contributed by atoms with Crippen molar-refractivity contribution in [3.05, 3.63) is 29.3 Å². The van der Waals surface area contributed by atoms with Crippen LogP contribution in [0, 0.1) is 0 Å². The maximum absolute atomic E-state index is 11.6. The van der Waals surface area contributed by atoms with Crippen LogP contribution in [0.25, 0.3) is 0 Å². The van der Waals surface area contributed by atoms with Crippen LogP contribution in [-0.4, -0.2) is 17.0 Å². The van der Waals surface area contributed by atoms with Crippen LogP contribution in [0.3, 0.4) is 0 Å². The Hall–Kier alpha value is -1.59. The van der Waals surface area contributed by atoms with Crippen LogP contribution in [0.1, 0.15) is 32.1 Å². The van der Waals surface area contributed by atoms with Gasteiger partial charge >= 0.3 is 0 Å². The van der Waals surface area contributed by atoms with Gasteiger partial charge in [-0.05, 0) is 37.1 Å². The molecule has 0 aliphatic rings. The molecule has 0 aromatic heterocycles. The maximum Gasteiger partial charge on any atom is 0.243 e. The third kappa shape index (κ3) is 6.79. The van der Waals surface area contributed by atoms with Crippen LogP contribution in [0.4, 0.5) is 5.69 Å². The van der Waals surface area contributed by atoms with Crippen molar-refractivity contribution in [1.82, 2.24) is 5.48 Å². The van der Waals surface area contributed by atoms with E-state index in [2.05, 4.69) is 5.32 Å². The first-order valence-electron chi connectivity index (χ1n) is 6.10. The third-order valence-corrected chi connectivity index (χ3v) is 2.81. The highest BCUT2D eigenvalue weighted by Crippen LogP contribution is 2.14. The fourth-order valence-electron chi connectivity index (χ4n) is 1.56. The Morgan fingerprint density at radius 2 is 1.58 bits per heavy atom. The second kappa shape index (κ2) is 8.50. The van der Waals surface area contributed by atoms with Crippen LogP contribution >= 0.6 is 11.6 Å². The van der Waals surface area contributed by atoms with E-state index in [0.717, 1.165) is 6.42 Å². The number of carbonyl (C=O) groups is 2. The topological polar surface area (TPSA) is 78.4 Å². The van der Waals surface area contributed by atoms with Gasteiger partial charge in [0.25, 0.3) is 0 Å². The van der Waals surface area contributed by atoms with Gasteiger partial charge in [0, 0.05) is 23.6 Å². The number of anilines is 1. The zero-order valence-corrected chi connectivity index (χ0v) is 11.2. The zero-order valence-electron chi connectivity index (χ0n) is 10.5. The molecular weight excluding hydrogens is 268 g/mol. The van der Waals surface area contributed by atoms with Crippen molar-refractivity contribution in [2.75, 3.05) is 5.32 Å². The minimum absolute atomic E-state index is 0.0612. The molecule has 0 aliphatic heterocycles. The number of amides is 2. The molecule has 0 atom stereocenters. The second-order valence-corrected chi connectivity index (χ2v) is 4.59. The molecule has 104 valence electrons. The predicted octanol–water partition coefficient (Wildman–Crippen LogP) is 2.73. The average molecular weight is 285 g/mol. The standard InChI is InChI=1S/C13H17ClN2O3/c14-10-6-8-11(9-7-10)15-12(17)4-2-1-3-5-13(18)16-19/h6-9,19H,1-5H2,(H,15,17)(H,16,18). The van der Waals surface area contributed by atoms with Gasteiger partial charge in [-0.25, -0.2) is 5.48 Å². The molecule has 1 aromatic rings. The molecule has 0 spiro atoms. The molecule has 3 N–H and O–H groups in total. The summed E-state index contributed by atoms with van der Waals surface area (Å²) < 4.78 is 0. The van der Waals surface area contributed by atoms with Crippen LogP contribution in [0.2, 0.25) is 5.02 Å². The molecule has 0 aliphatic carbocycles. The van der Waals surface area contributed by atoms with Gasteiger partial charge in [0.2, 0.25) is 11.8 Å². The maximum atomic E-state index is 11.6. The molecule has 0 radical (unpaired) electrons. The zero-order chi connectivity index (χ0) is 14.1. The number of hydroxylamine groups is 1. The van der Waals surface area contributed by atoms with Gasteiger partial charge in [0.05, 0.1) is 0 Å². The van der Waals surface area contributed by atoms with E-state index >= 15 is 0 Å². The van der Waals surface area contributed by atoms with Gasteiger partial charge in [0.1, 0.15) is 0 Å². The summed E-state index contributed by atoms with van der Waals surface area (Å²) >= 11 is 5.74. The van der Waals surface area contributed by atoms with E-state index in [4.69, 9.17) is 16.8 Å². The van der Waals surface area contributed by atoms with E-state index in [9.17, 15) is 9.59 Å². The molecule has 0 fully saturated rings. The Morgan fingerprint density at radius 1 is 1.00 bits per heavy atom. The average Bonchev–Trinajstić information content (AvgIpc) is 2.40. The second-order valence-electron chi connectivity index (χ2n) is 4.15. The van der Waals surface area contributed by atoms with E-state index in [1.807, 2.05) is 0 Å². The smallest absolute Gasteiger partial charge is 0.243 e. The van der Waals surface area contributed by atoms with Crippen molar-refractivity contribution < 1.29 is 14.8 Å². The van der Waals surface area contributed by atoms with E-state index in [-0.39, 0.29) is 12.3 Å². The molecule has 1 aromatic carbocycles. The lowest BCUT2D eigenvalue weighted by atomic mass is 10.1. The summed E-state index contributed by atoms with van der Waals surface area (Å²) in [5.41, 5.74) is 2.29. The summed E-state index contributed by atoms with van der Waals surface area (Å²) in [6.45, 7) is 0. The van der Waals surface area contributed by atoms with Gasteiger partial charge < -0.3 is 5.32 Å². The van der Waals surface area contributed by atoms with E-state index in [1.54, 1.807) is 29.7 Å². The fourth-order valence-corrected chi connectivity index (χ4v) is 1.69. The van der Waals surface area contributed by atoms with Gasteiger partial charge in [-0.1, -0.05) is 18.0 Å². The van der Waals surface area contributed by atoms with Crippen molar-refractivity contribution in [2.45, 2.75) is 32.1 Å². The summed E-state index contributed by atoms with van der Waals surface area (Å²) in [7, 11) is 0. The largest absolute Gasteiger partial charge is 0.326 e. The van der Waals surface area contributed by atoms with Crippen molar-refractivity contribution >= 4 is 29.1 Å². The number of carbonyl (C=O) groups excluding carboxylic acids is 2. The molecule has 0 bridgehead atoms. The molecule has 2 amide bonds. The number of unbranched alkanes of at least 4 members (excludes halogenated alkanes) is 2. The van der Waals surface area contributed by atoms with E-state index in [0.29, 0.717) is 30.0 Å². The molecule has 0 unspecified atom stereocenters. The minimum Gasteiger partial charge on any atom is -0.326 e. The SMILES string of the molecule is O=C(CCCCCC(=O)Nc1ccc(Cl)cc1)NO. The van der Waals surface area contributed by atoms with Crippen LogP contribution in [-0.2, 0) is 9.59 Å². The van der Waals surface area contributed by atoms with Gasteiger partial charge in [0.15, 0.2) is 0 Å². The fraction of sp³-hybridized carbons (Fsp3) is 0.385. The molecule has 0 heterocycles. The van der Waals surface area contributed by atoms with Crippen LogP contribution in [0.15, 0.2) is 24.3 Å². The van der Waals surface area contributed by atoms with Crippen molar-refractivity contribution in [3.63, 3.8) is 0 Å². The van der Waals surface area contributed by atoms with Crippen molar-refractivity contribution in [2.24, 2.45) is 0 Å². The number of hydrogen-bond donors (Lipinski definition) is 3. The lowest BCUT2D eigenvalue weighted by molar-refractivity contribution is -0.129. The molecular formula is C13H17ClN2O3. The highest BCUT2D eigenvalue weighted by Gasteiger charge is 2.03.